The zero-order chi connectivity index (χ0) is 17.1. The fourth-order valence-electron chi connectivity index (χ4n) is 4.25. The van der Waals surface area contributed by atoms with E-state index in [-0.39, 0.29) is 53.4 Å². The van der Waals surface area contributed by atoms with Crippen molar-refractivity contribution in [3.05, 3.63) is 73.6 Å². The van der Waals surface area contributed by atoms with Gasteiger partial charge in [-0.1, -0.05) is 0 Å². The van der Waals surface area contributed by atoms with Gasteiger partial charge in [0.1, 0.15) is 0 Å². The maximum absolute atomic E-state index is 2.43. The predicted octanol–water partition coefficient (Wildman–Crippen LogP) is -0.376. The van der Waals surface area contributed by atoms with Crippen molar-refractivity contribution in [1.82, 2.24) is 0 Å². The molecule has 0 radical (unpaired) electrons. The monoisotopic (exact) mass is 644 g/mol. The molecule has 2 aromatic rings. The molecule has 26 heavy (non-hydrogen) atoms. The van der Waals surface area contributed by atoms with Crippen molar-refractivity contribution >= 4 is 3.27 Å². The van der Waals surface area contributed by atoms with Crippen LogP contribution in [-0.4, -0.2) is 0 Å². The van der Waals surface area contributed by atoms with E-state index in [4.69, 9.17) is 0 Å². The Balaban J connectivity index is 0.00000121. The molecule has 0 N–H and O–H groups in total. The Hall–Kier alpha value is 0.263. The second-order valence-electron chi connectivity index (χ2n) is 7.67. The van der Waals surface area contributed by atoms with Gasteiger partial charge in [-0.05, 0) is 0 Å². The maximum Gasteiger partial charge on any atom is -1.00 e. The molecule has 0 spiro atoms. The fraction of sp³-hybridized carbons (Fsp3) is 0.304. The van der Waals surface area contributed by atoms with Crippen molar-refractivity contribution in [2.24, 2.45) is 5.41 Å². The van der Waals surface area contributed by atoms with Crippen molar-refractivity contribution < 1.29 is 71.2 Å². The number of rotatable bonds is 2. The summed E-state index contributed by atoms with van der Waals surface area (Å²) in [6.45, 7) is 11.8. The van der Waals surface area contributed by atoms with Crippen LogP contribution in [0.1, 0.15) is 45.7 Å². The van der Waals surface area contributed by atoms with E-state index in [0.717, 1.165) is 6.42 Å². The van der Waals surface area contributed by atoms with E-state index in [9.17, 15) is 0 Å². The largest absolute Gasteiger partial charge is 1.00 e. The number of hydrogen-bond acceptors (Lipinski definition) is 0. The summed E-state index contributed by atoms with van der Waals surface area (Å²) in [7, 11) is 0. The minimum atomic E-state index is -0.790. The van der Waals surface area contributed by atoms with E-state index < -0.39 is 23.2 Å². The summed E-state index contributed by atoms with van der Waals surface area (Å²) >= 11 is -0.790. The molecule has 0 unspecified atom stereocenters. The summed E-state index contributed by atoms with van der Waals surface area (Å²) in [6.07, 6.45) is 1.13. The fourth-order valence-corrected chi connectivity index (χ4v) is 8.43. The van der Waals surface area contributed by atoms with Crippen LogP contribution in [0.3, 0.4) is 0 Å². The van der Waals surface area contributed by atoms with E-state index in [1.54, 1.807) is 23.3 Å². The van der Waals surface area contributed by atoms with Gasteiger partial charge in [-0.2, -0.15) is 0 Å². The van der Waals surface area contributed by atoms with Crippen LogP contribution in [0.25, 0.3) is 11.1 Å². The third kappa shape index (κ3) is 3.50. The molecule has 4 rings (SSSR count). The SMILES string of the molecule is CC1=C(C)C(C)(C)[C]([Zr+2][c]2cccc3c2Cc2ccccc2-3)=C1C.[I-].[I-]. The van der Waals surface area contributed by atoms with Crippen LogP contribution in [0.2, 0.25) is 0 Å². The first kappa shape index (κ1) is 22.6. The van der Waals surface area contributed by atoms with Crippen LogP contribution in [0, 0.1) is 5.41 Å². The van der Waals surface area contributed by atoms with Gasteiger partial charge in [-0.3, -0.25) is 0 Å². The van der Waals surface area contributed by atoms with Gasteiger partial charge >= 0.3 is 158 Å². The van der Waals surface area contributed by atoms with E-state index in [2.05, 4.69) is 77.1 Å². The molecule has 0 atom stereocenters. The third-order valence-electron chi connectivity index (χ3n) is 6.17. The number of halogens is 2. The molecule has 0 nitrogen and oxygen atoms in total. The second kappa shape index (κ2) is 8.33. The first-order valence-electron chi connectivity index (χ1n) is 8.78. The van der Waals surface area contributed by atoms with Crippen LogP contribution in [0.4, 0.5) is 0 Å². The summed E-state index contributed by atoms with van der Waals surface area (Å²) in [5.74, 6) is 0. The Bertz CT molecular complexity index is 920. The maximum atomic E-state index is 2.43. The van der Waals surface area contributed by atoms with Gasteiger partial charge in [-0.25, -0.2) is 0 Å². The Morgan fingerprint density at radius 3 is 2.12 bits per heavy atom. The molecular weight excluding hydrogens is 621 g/mol. The summed E-state index contributed by atoms with van der Waals surface area (Å²) in [6, 6.07) is 15.9. The Morgan fingerprint density at radius 2 is 1.46 bits per heavy atom. The second-order valence-corrected chi connectivity index (χ2v) is 10.8. The molecule has 2 aliphatic rings. The van der Waals surface area contributed by atoms with Gasteiger partial charge < -0.3 is 48.0 Å². The van der Waals surface area contributed by atoms with E-state index in [1.807, 2.05) is 0 Å². The predicted molar refractivity (Wildman–Crippen MR) is 99.2 cm³/mol. The molecule has 0 saturated carbocycles. The van der Waals surface area contributed by atoms with Crippen molar-refractivity contribution in [2.75, 3.05) is 0 Å². The number of benzene rings is 2. The first-order valence-corrected chi connectivity index (χ1v) is 11.2. The van der Waals surface area contributed by atoms with Gasteiger partial charge in [0.25, 0.3) is 0 Å². The van der Waals surface area contributed by atoms with Gasteiger partial charge in [0.2, 0.25) is 0 Å². The van der Waals surface area contributed by atoms with Gasteiger partial charge in [-0.15, -0.1) is 0 Å². The van der Waals surface area contributed by atoms with Gasteiger partial charge in [0, 0.05) is 0 Å². The van der Waals surface area contributed by atoms with Gasteiger partial charge in [0.15, 0.2) is 0 Å². The van der Waals surface area contributed by atoms with Crippen LogP contribution in [-0.2, 0) is 29.7 Å². The molecular formula is C23H24I2Zr. The smallest absolute Gasteiger partial charge is 1.00 e. The Kier molecular flexibility index (Phi) is 7.22. The average Bonchev–Trinajstić information content (AvgIpc) is 3.02. The van der Waals surface area contributed by atoms with Crippen molar-refractivity contribution in [3.63, 3.8) is 0 Å². The number of allylic oxidation sites excluding steroid dienone is 4. The van der Waals surface area contributed by atoms with E-state index in [0.29, 0.717) is 0 Å². The molecule has 0 aliphatic heterocycles. The summed E-state index contributed by atoms with van der Waals surface area (Å²) in [4.78, 5) is 0. The summed E-state index contributed by atoms with van der Waals surface area (Å²) < 4.78 is 3.45. The van der Waals surface area contributed by atoms with E-state index >= 15 is 0 Å². The topological polar surface area (TPSA) is 0 Å². The zero-order valence-electron chi connectivity index (χ0n) is 16.0. The Morgan fingerprint density at radius 1 is 0.808 bits per heavy atom. The number of hydrogen-bond donors (Lipinski definition) is 0. The standard InChI is InChI=1S/C13H9.C10H15.2HI.Zr/c1-3-7-12-10(5-1)9-11-6-2-4-8-13(11)12;1-7-6-10(4,5)9(3)8(7)2;;;/h1-5,7-8H,9H2;1-5H3;2*1H;/q;;;;+2/p-2. The summed E-state index contributed by atoms with van der Waals surface area (Å²) in [5, 5.41) is 0. The third-order valence-corrected chi connectivity index (χ3v) is 11.1. The minimum Gasteiger partial charge on any atom is -1.00 e. The minimum absolute atomic E-state index is 0. The molecule has 0 saturated heterocycles. The molecule has 0 bridgehead atoms. The normalized spacial score (nSPS) is 16.5. The quantitative estimate of drug-likeness (QED) is 0.334. The van der Waals surface area contributed by atoms with Gasteiger partial charge in [0.05, 0.1) is 0 Å². The van der Waals surface area contributed by atoms with Crippen molar-refractivity contribution in [1.29, 1.82) is 0 Å². The van der Waals surface area contributed by atoms with Crippen LogP contribution >= 0.6 is 0 Å². The van der Waals surface area contributed by atoms with Crippen LogP contribution in [0.15, 0.2) is 62.5 Å². The van der Waals surface area contributed by atoms with Crippen molar-refractivity contribution in [3.8, 4) is 11.1 Å². The molecule has 0 fully saturated rings. The van der Waals surface area contributed by atoms with Crippen LogP contribution in [0.5, 0.6) is 0 Å². The van der Waals surface area contributed by atoms with Crippen LogP contribution < -0.4 is 51.2 Å². The molecule has 0 aromatic heterocycles. The molecule has 2 aromatic carbocycles. The Labute approximate surface area is 203 Å². The molecule has 2 aliphatic carbocycles. The molecule has 3 heteroatoms. The molecule has 134 valence electrons. The molecule has 0 amide bonds. The first-order chi connectivity index (χ1) is 11.4. The summed E-state index contributed by atoms with van der Waals surface area (Å²) in [5.41, 5.74) is 11.0. The van der Waals surface area contributed by atoms with Crippen molar-refractivity contribution in [2.45, 2.75) is 41.0 Å². The zero-order valence-corrected chi connectivity index (χ0v) is 22.8. The van der Waals surface area contributed by atoms with E-state index in [1.165, 1.54) is 22.3 Å². The number of fused-ring (bicyclic) bond motifs is 3. The average molecular weight is 645 g/mol. The molecule has 0 heterocycles.